The quantitative estimate of drug-likeness (QED) is 0.693. The fourth-order valence-corrected chi connectivity index (χ4v) is 2.52. The van der Waals surface area contributed by atoms with Gasteiger partial charge in [0.25, 0.3) is 11.8 Å². The zero-order valence-corrected chi connectivity index (χ0v) is 13.6. The minimum absolute atomic E-state index is 0.0900. The molecular weight excluding hydrogens is 322 g/mol. The van der Waals surface area contributed by atoms with Gasteiger partial charge >= 0.3 is 0 Å². The van der Waals surface area contributed by atoms with E-state index in [0.29, 0.717) is 12.2 Å². The maximum Gasteiger partial charge on any atom is 0.270 e. The lowest BCUT2D eigenvalue weighted by Gasteiger charge is -2.06. The van der Waals surface area contributed by atoms with E-state index in [1.807, 2.05) is 30.3 Å². The van der Waals surface area contributed by atoms with Crippen LogP contribution in [-0.2, 0) is 17.9 Å². The summed E-state index contributed by atoms with van der Waals surface area (Å²) in [5, 5.41) is 7.09. The van der Waals surface area contributed by atoms with Gasteiger partial charge < -0.3 is 15.8 Å². The van der Waals surface area contributed by atoms with Crippen LogP contribution >= 0.6 is 0 Å². The molecule has 0 atom stereocenters. The molecule has 0 bridgehead atoms. The van der Waals surface area contributed by atoms with E-state index in [0.717, 1.165) is 5.56 Å². The number of aromatic nitrogens is 3. The zero-order chi connectivity index (χ0) is 17.8. The van der Waals surface area contributed by atoms with Gasteiger partial charge in [-0.1, -0.05) is 30.3 Å². The van der Waals surface area contributed by atoms with Crippen LogP contribution in [0.1, 0.15) is 32.1 Å². The van der Waals surface area contributed by atoms with E-state index in [-0.39, 0.29) is 29.4 Å². The van der Waals surface area contributed by atoms with E-state index in [1.54, 1.807) is 0 Å². The summed E-state index contributed by atoms with van der Waals surface area (Å²) in [7, 11) is 1.48. The first-order valence-electron chi connectivity index (χ1n) is 7.59. The Bertz CT molecular complexity index is 921. The van der Waals surface area contributed by atoms with Gasteiger partial charge in [0.15, 0.2) is 5.65 Å². The summed E-state index contributed by atoms with van der Waals surface area (Å²) in [5.74, 6) is -1.00. The van der Waals surface area contributed by atoms with E-state index in [2.05, 4.69) is 15.4 Å². The van der Waals surface area contributed by atoms with Crippen LogP contribution in [0.5, 0.6) is 0 Å². The van der Waals surface area contributed by atoms with Gasteiger partial charge in [-0.2, -0.15) is 5.10 Å². The van der Waals surface area contributed by atoms with Crippen molar-refractivity contribution in [2.24, 2.45) is 5.73 Å². The zero-order valence-electron chi connectivity index (χ0n) is 13.6. The van der Waals surface area contributed by atoms with Crippen molar-refractivity contribution in [3.05, 3.63) is 65.1 Å². The van der Waals surface area contributed by atoms with Gasteiger partial charge in [-0.15, -0.1) is 0 Å². The predicted octanol–water partition coefficient (Wildman–Crippen LogP) is 0.905. The number of rotatable bonds is 6. The van der Waals surface area contributed by atoms with Crippen molar-refractivity contribution in [3.8, 4) is 0 Å². The monoisotopic (exact) mass is 339 g/mol. The third-order valence-electron chi connectivity index (χ3n) is 3.65. The first-order valence-corrected chi connectivity index (χ1v) is 7.59. The molecule has 0 radical (unpaired) electrons. The minimum Gasteiger partial charge on any atom is -0.378 e. The topological polar surface area (TPSA) is 112 Å². The number of amides is 2. The number of hydrogen-bond donors (Lipinski definition) is 2. The van der Waals surface area contributed by atoms with E-state index in [1.165, 1.54) is 23.9 Å². The van der Waals surface area contributed by atoms with E-state index >= 15 is 0 Å². The number of methoxy groups -OCH3 is 1. The number of fused-ring (bicyclic) bond motifs is 1. The number of nitrogens with zero attached hydrogens (tertiary/aromatic N) is 3. The number of ether oxygens (including phenoxy) is 1. The first-order chi connectivity index (χ1) is 12.1. The molecule has 0 aliphatic rings. The van der Waals surface area contributed by atoms with Gasteiger partial charge in [-0.05, 0) is 11.6 Å². The Morgan fingerprint density at radius 2 is 2.00 bits per heavy atom. The van der Waals surface area contributed by atoms with Crippen LogP contribution in [0, 0.1) is 0 Å². The molecule has 0 unspecified atom stereocenters. The summed E-state index contributed by atoms with van der Waals surface area (Å²) in [6, 6.07) is 11.1. The molecule has 0 aliphatic carbocycles. The SMILES string of the molecule is COCc1nn2c(C(=O)NCc3ccccc3)ccnc2c1C(N)=O. The van der Waals surface area contributed by atoms with Gasteiger partial charge in [0.1, 0.15) is 17.0 Å². The van der Waals surface area contributed by atoms with E-state index < -0.39 is 5.91 Å². The van der Waals surface area contributed by atoms with Crippen molar-refractivity contribution < 1.29 is 14.3 Å². The smallest absolute Gasteiger partial charge is 0.270 e. The normalized spacial score (nSPS) is 10.8. The Kier molecular flexibility index (Phi) is 4.71. The molecule has 3 rings (SSSR count). The molecule has 1 aromatic carbocycles. The highest BCUT2D eigenvalue weighted by Crippen LogP contribution is 2.16. The molecule has 2 aromatic heterocycles. The van der Waals surface area contributed by atoms with Crippen LogP contribution in [0.3, 0.4) is 0 Å². The van der Waals surface area contributed by atoms with E-state index in [4.69, 9.17) is 10.5 Å². The largest absolute Gasteiger partial charge is 0.378 e. The highest BCUT2D eigenvalue weighted by Gasteiger charge is 2.22. The van der Waals surface area contributed by atoms with Gasteiger partial charge in [0.2, 0.25) is 0 Å². The molecule has 0 spiro atoms. The second-order valence-electron chi connectivity index (χ2n) is 5.35. The number of nitrogens with one attached hydrogen (secondary N) is 1. The lowest BCUT2D eigenvalue weighted by molar-refractivity contribution is 0.0941. The van der Waals surface area contributed by atoms with Crippen molar-refractivity contribution >= 4 is 17.5 Å². The number of nitrogens with two attached hydrogens (primary N) is 1. The summed E-state index contributed by atoms with van der Waals surface area (Å²) >= 11 is 0. The second kappa shape index (κ2) is 7.10. The molecule has 3 aromatic rings. The van der Waals surface area contributed by atoms with Crippen molar-refractivity contribution in [2.45, 2.75) is 13.2 Å². The summed E-state index contributed by atoms with van der Waals surface area (Å²) in [4.78, 5) is 28.4. The molecule has 0 aliphatic heterocycles. The fourth-order valence-electron chi connectivity index (χ4n) is 2.52. The highest BCUT2D eigenvalue weighted by atomic mass is 16.5. The standard InChI is InChI=1S/C17H17N5O3/c1-25-10-12-14(15(18)23)16-19-8-7-13(22(16)21-12)17(24)20-9-11-5-3-2-4-6-11/h2-8H,9-10H2,1H3,(H2,18,23)(H,20,24). The number of carbonyl (C=O) groups is 2. The average molecular weight is 339 g/mol. The van der Waals surface area contributed by atoms with Crippen LogP contribution in [0.4, 0.5) is 0 Å². The maximum absolute atomic E-state index is 12.5. The molecule has 3 N–H and O–H groups in total. The summed E-state index contributed by atoms with van der Waals surface area (Å²) in [6.07, 6.45) is 1.44. The van der Waals surface area contributed by atoms with Crippen molar-refractivity contribution in [3.63, 3.8) is 0 Å². The van der Waals surface area contributed by atoms with Crippen molar-refractivity contribution in [1.82, 2.24) is 19.9 Å². The molecule has 8 nitrogen and oxygen atoms in total. The number of carbonyl (C=O) groups excluding carboxylic acids is 2. The number of benzene rings is 1. The molecule has 25 heavy (non-hydrogen) atoms. The summed E-state index contributed by atoms with van der Waals surface area (Å²) in [5.41, 5.74) is 7.37. The predicted molar refractivity (Wildman–Crippen MR) is 89.8 cm³/mol. The number of primary amides is 1. The van der Waals surface area contributed by atoms with Gasteiger partial charge in [0, 0.05) is 19.9 Å². The van der Waals surface area contributed by atoms with Crippen molar-refractivity contribution in [2.75, 3.05) is 7.11 Å². The van der Waals surface area contributed by atoms with Crippen LogP contribution in [0.15, 0.2) is 42.6 Å². The average Bonchev–Trinajstić information content (AvgIpc) is 2.99. The molecular formula is C17H17N5O3. The maximum atomic E-state index is 12.5. The Labute approximate surface area is 143 Å². The third-order valence-corrected chi connectivity index (χ3v) is 3.65. The van der Waals surface area contributed by atoms with Crippen LogP contribution < -0.4 is 11.1 Å². The first kappa shape index (κ1) is 16.6. The van der Waals surface area contributed by atoms with Crippen LogP contribution in [-0.4, -0.2) is 33.5 Å². The third kappa shape index (κ3) is 3.33. The van der Waals surface area contributed by atoms with E-state index in [9.17, 15) is 9.59 Å². The van der Waals surface area contributed by atoms with Gasteiger partial charge in [0.05, 0.1) is 6.61 Å². The Hall–Kier alpha value is -3.26. The Morgan fingerprint density at radius 1 is 1.24 bits per heavy atom. The Morgan fingerprint density at radius 3 is 2.68 bits per heavy atom. The molecule has 2 heterocycles. The summed E-state index contributed by atoms with van der Waals surface area (Å²) in [6.45, 7) is 0.463. The van der Waals surface area contributed by atoms with Gasteiger partial charge in [-0.3, -0.25) is 9.59 Å². The number of hydrogen-bond acceptors (Lipinski definition) is 5. The molecule has 2 amide bonds. The molecule has 0 fully saturated rings. The van der Waals surface area contributed by atoms with Gasteiger partial charge in [-0.25, -0.2) is 9.50 Å². The molecule has 0 saturated heterocycles. The lowest BCUT2D eigenvalue weighted by Crippen LogP contribution is -2.25. The van der Waals surface area contributed by atoms with Crippen LogP contribution in [0.25, 0.3) is 5.65 Å². The lowest BCUT2D eigenvalue weighted by atomic mass is 10.2. The molecule has 0 saturated carbocycles. The molecule has 128 valence electrons. The van der Waals surface area contributed by atoms with Crippen molar-refractivity contribution in [1.29, 1.82) is 0 Å². The molecule has 8 heteroatoms. The fraction of sp³-hybridized carbons (Fsp3) is 0.176. The minimum atomic E-state index is -0.670. The second-order valence-corrected chi connectivity index (χ2v) is 5.35. The highest BCUT2D eigenvalue weighted by molar-refractivity contribution is 6.01. The van der Waals surface area contributed by atoms with Crippen LogP contribution in [0.2, 0.25) is 0 Å². The summed E-state index contributed by atoms with van der Waals surface area (Å²) < 4.78 is 6.36. The Balaban J connectivity index is 1.94.